The normalized spacial score (nSPS) is 12.0. The predicted octanol–water partition coefficient (Wildman–Crippen LogP) is 7.53. The number of hydrogen-bond donors (Lipinski definition) is 1. The molecule has 0 aliphatic carbocycles. The van der Waals surface area contributed by atoms with E-state index in [0.29, 0.717) is 33.0 Å². The smallest absolute Gasteiger partial charge is 0.265 e. The molecule has 1 atom stereocenters. The molecule has 4 rings (SSSR count). The molecule has 0 bridgehead atoms. The van der Waals surface area contributed by atoms with Crippen LogP contribution in [0.4, 0.5) is 5.69 Å². The van der Waals surface area contributed by atoms with E-state index in [-0.39, 0.29) is 5.91 Å². The Balaban J connectivity index is 1.46. The second-order valence-corrected chi connectivity index (χ2v) is 8.90. The number of carbonyl (C=O) groups excluding carboxylic acids is 1. The largest absolute Gasteiger partial charge is 0.479 e. The van der Waals surface area contributed by atoms with Crippen molar-refractivity contribution in [2.45, 2.75) is 26.4 Å². The van der Waals surface area contributed by atoms with E-state index in [1.807, 2.05) is 24.3 Å². The lowest BCUT2D eigenvalue weighted by molar-refractivity contribution is -0.122. The van der Waals surface area contributed by atoms with E-state index < -0.39 is 6.10 Å². The van der Waals surface area contributed by atoms with Crippen LogP contribution in [0.25, 0.3) is 22.6 Å². The summed E-state index contributed by atoms with van der Waals surface area (Å²) in [5, 5.41) is 3.67. The highest BCUT2D eigenvalue weighted by molar-refractivity contribution is 9.10. The zero-order valence-corrected chi connectivity index (χ0v) is 20.4. The van der Waals surface area contributed by atoms with Gasteiger partial charge in [0.15, 0.2) is 11.7 Å². The molecule has 0 aliphatic heterocycles. The van der Waals surface area contributed by atoms with Gasteiger partial charge in [0, 0.05) is 16.3 Å². The van der Waals surface area contributed by atoms with Gasteiger partial charge in [-0.2, -0.15) is 0 Å². The SMILES string of the molecule is CCc1cc(Br)c2oc(-c3ccc(NC(=O)[C@H](C)Oc4ccc(Cl)cc4Cl)cc3)nc2c1. The first-order valence-corrected chi connectivity index (χ1v) is 11.5. The van der Waals surface area contributed by atoms with Crippen LogP contribution in [0.5, 0.6) is 5.75 Å². The van der Waals surface area contributed by atoms with Gasteiger partial charge in [0.05, 0.1) is 9.50 Å². The number of anilines is 1. The summed E-state index contributed by atoms with van der Waals surface area (Å²) >= 11 is 15.6. The second kappa shape index (κ2) is 9.53. The Hall–Kier alpha value is -2.54. The number of aryl methyl sites for hydroxylation is 1. The number of hydrogen-bond acceptors (Lipinski definition) is 4. The van der Waals surface area contributed by atoms with Crippen LogP contribution in [0.3, 0.4) is 0 Å². The molecule has 1 heterocycles. The quantitative estimate of drug-likeness (QED) is 0.278. The molecular formula is C24H19BrCl2N2O3. The summed E-state index contributed by atoms with van der Waals surface area (Å²) in [5.74, 6) is 0.602. The zero-order chi connectivity index (χ0) is 22.8. The Morgan fingerprint density at radius 1 is 1.16 bits per heavy atom. The molecule has 0 aliphatic rings. The van der Waals surface area contributed by atoms with Gasteiger partial charge in [0.25, 0.3) is 5.91 Å². The molecule has 0 radical (unpaired) electrons. The number of rotatable bonds is 6. The predicted molar refractivity (Wildman–Crippen MR) is 132 cm³/mol. The van der Waals surface area contributed by atoms with Gasteiger partial charge < -0.3 is 14.5 Å². The minimum Gasteiger partial charge on any atom is -0.479 e. The van der Waals surface area contributed by atoms with E-state index in [9.17, 15) is 4.79 Å². The minimum atomic E-state index is -0.754. The third kappa shape index (κ3) is 4.93. The standard InChI is InChI=1S/C24H19BrCl2N2O3/c1-3-14-10-18(25)22-20(11-14)29-24(32-22)15-4-7-17(8-5-15)28-23(30)13(2)31-21-9-6-16(26)12-19(21)27/h4-13H,3H2,1-2H3,(H,28,30)/t13-/m0/s1. The van der Waals surface area contributed by atoms with E-state index in [1.165, 1.54) is 5.56 Å². The summed E-state index contributed by atoms with van der Waals surface area (Å²) in [7, 11) is 0. The molecule has 0 spiro atoms. The van der Waals surface area contributed by atoms with E-state index in [1.54, 1.807) is 37.3 Å². The number of ether oxygens (including phenoxy) is 1. The van der Waals surface area contributed by atoms with Crippen LogP contribution in [-0.4, -0.2) is 17.0 Å². The van der Waals surface area contributed by atoms with Crippen LogP contribution in [0.2, 0.25) is 10.0 Å². The number of aromatic nitrogens is 1. The highest BCUT2D eigenvalue weighted by Gasteiger charge is 2.17. The third-order valence-corrected chi connectivity index (χ3v) is 6.00. The highest BCUT2D eigenvalue weighted by Crippen LogP contribution is 2.32. The minimum absolute atomic E-state index is 0.304. The summed E-state index contributed by atoms with van der Waals surface area (Å²) in [4.78, 5) is 17.1. The Morgan fingerprint density at radius 3 is 2.59 bits per heavy atom. The van der Waals surface area contributed by atoms with Crippen molar-refractivity contribution in [3.63, 3.8) is 0 Å². The fraction of sp³-hybridized carbons (Fsp3) is 0.167. The number of nitrogens with zero attached hydrogens (tertiary/aromatic N) is 1. The first-order valence-electron chi connectivity index (χ1n) is 9.96. The Bertz CT molecular complexity index is 1290. The maximum Gasteiger partial charge on any atom is 0.265 e. The average Bonchev–Trinajstić information content (AvgIpc) is 3.21. The van der Waals surface area contributed by atoms with E-state index >= 15 is 0 Å². The maximum absolute atomic E-state index is 12.5. The molecule has 0 fully saturated rings. The molecule has 4 aromatic rings. The molecule has 32 heavy (non-hydrogen) atoms. The Kier molecular flexibility index (Phi) is 6.74. The van der Waals surface area contributed by atoms with Crippen LogP contribution >= 0.6 is 39.1 Å². The van der Waals surface area contributed by atoms with Crippen molar-refractivity contribution in [1.82, 2.24) is 4.98 Å². The van der Waals surface area contributed by atoms with Crippen LogP contribution in [-0.2, 0) is 11.2 Å². The van der Waals surface area contributed by atoms with E-state index in [2.05, 4.69) is 33.2 Å². The molecule has 1 amide bonds. The summed E-state index contributed by atoms with van der Waals surface area (Å²) < 4.78 is 12.5. The summed E-state index contributed by atoms with van der Waals surface area (Å²) in [6.45, 7) is 3.74. The molecule has 0 saturated heterocycles. The van der Waals surface area contributed by atoms with E-state index in [4.69, 9.17) is 32.4 Å². The molecule has 1 aromatic heterocycles. The topological polar surface area (TPSA) is 64.4 Å². The number of nitrogens with one attached hydrogen (secondary N) is 1. The lowest BCUT2D eigenvalue weighted by atomic mass is 10.1. The van der Waals surface area contributed by atoms with Gasteiger partial charge in [0.2, 0.25) is 5.89 Å². The van der Waals surface area contributed by atoms with Crippen LogP contribution in [0.15, 0.2) is 63.5 Å². The molecule has 0 saturated carbocycles. The zero-order valence-electron chi connectivity index (χ0n) is 17.3. The lowest BCUT2D eigenvalue weighted by Gasteiger charge is -2.16. The van der Waals surface area contributed by atoms with Crippen LogP contribution in [0, 0.1) is 0 Å². The summed E-state index contributed by atoms with van der Waals surface area (Å²) in [5.41, 5.74) is 4.12. The number of oxazole rings is 1. The van der Waals surface area contributed by atoms with Crippen LogP contribution in [0.1, 0.15) is 19.4 Å². The monoisotopic (exact) mass is 532 g/mol. The van der Waals surface area contributed by atoms with Crippen molar-refractivity contribution in [3.05, 3.63) is 74.7 Å². The van der Waals surface area contributed by atoms with Crippen molar-refractivity contribution in [2.75, 3.05) is 5.32 Å². The van der Waals surface area contributed by atoms with Crippen molar-refractivity contribution in [3.8, 4) is 17.2 Å². The lowest BCUT2D eigenvalue weighted by Crippen LogP contribution is -2.30. The first kappa shape index (κ1) is 22.6. The van der Waals surface area contributed by atoms with Gasteiger partial charge in [-0.25, -0.2) is 4.98 Å². The van der Waals surface area contributed by atoms with Crippen molar-refractivity contribution in [1.29, 1.82) is 0 Å². The highest BCUT2D eigenvalue weighted by atomic mass is 79.9. The summed E-state index contributed by atoms with van der Waals surface area (Å²) in [6, 6.07) is 16.2. The number of halogens is 3. The number of fused-ring (bicyclic) bond motifs is 1. The fourth-order valence-electron chi connectivity index (χ4n) is 3.13. The number of carbonyl (C=O) groups is 1. The Labute approximate surface area is 203 Å². The fourth-order valence-corrected chi connectivity index (χ4v) is 4.16. The third-order valence-electron chi connectivity index (χ3n) is 4.88. The van der Waals surface area contributed by atoms with E-state index in [0.717, 1.165) is 22.0 Å². The van der Waals surface area contributed by atoms with Crippen molar-refractivity contribution >= 4 is 61.8 Å². The molecule has 5 nitrogen and oxygen atoms in total. The molecule has 1 N–H and O–H groups in total. The second-order valence-electron chi connectivity index (χ2n) is 7.20. The van der Waals surface area contributed by atoms with Gasteiger partial charge in [-0.05, 0) is 89.4 Å². The first-order chi connectivity index (χ1) is 15.3. The van der Waals surface area contributed by atoms with Crippen molar-refractivity contribution < 1.29 is 13.9 Å². The Morgan fingerprint density at radius 2 is 1.91 bits per heavy atom. The van der Waals surface area contributed by atoms with Crippen LogP contribution < -0.4 is 10.1 Å². The van der Waals surface area contributed by atoms with Crippen molar-refractivity contribution in [2.24, 2.45) is 0 Å². The van der Waals surface area contributed by atoms with Gasteiger partial charge in [0.1, 0.15) is 11.3 Å². The van der Waals surface area contributed by atoms with Gasteiger partial charge in [-0.15, -0.1) is 0 Å². The van der Waals surface area contributed by atoms with Gasteiger partial charge >= 0.3 is 0 Å². The molecule has 3 aromatic carbocycles. The average molecular weight is 534 g/mol. The molecule has 164 valence electrons. The molecule has 8 heteroatoms. The number of benzene rings is 3. The van der Waals surface area contributed by atoms with Gasteiger partial charge in [-0.1, -0.05) is 30.1 Å². The number of amides is 1. The molecular weight excluding hydrogens is 515 g/mol. The van der Waals surface area contributed by atoms with Gasteiger partial charge in [-0.3, -0.25) is 4.79 Å². The molecule has 0 unspecified atom stereocenters. The summed E-state index contributed by atoms with van der Waals surface area (Å²) in [6.07, 6.45) is 0.160. The maximum atomic E-state index is 12.5.